The first-order valence-corrected chi connectivity index (χ1v) is 6.20. The number of carbonyl (C=O) groups excluding carboxylic acids is 1. The van der Waals surface area contributed by atoms with Gasteiger partial charge < -0.3 is 15.5 Å². The number of aliphatic hydroxyl groups is 1. The van der Waals surface area contributed by atoms with Crippen molar-refractivity contribution < 1.29 is 19.8 Å². The van der Waals surface area contributed by atoms with Crippen molar-refractivity contribution in [2.24, 2.45) is 0 Å². The van der Waals surface area contributed by atoms with Gasteiger partial charge in [0.1, 0.15) is 6.04 Å². The highest BCUT2D eigenvalue weighted by molar-refractivity contribution is 5.96. The van der Waals surface area contributed by atoms with E-state index in [0.717, 1.165) is 5.56 Å². The summed E-state index contributed by atoms with van der Waals surface area (Å²) in [5.41, 5.74) is 1.52. The molecule has 1 amide bonds. The molecule has 0 aliphatic rings. The fourth-order valence-corrected chi connectivity index (χ4v) is 1.65. The molecule has 1 aromatic rings. The van der Waals surface area contributed by atoms with Crippen LogP contribution in [0.3, 0.4) is 0 Å². The van der Waals surface area contributed by atoms with Crippen LogP contribution >= 0.6 is 0 Å². The molecule has 0 radical (unpaired) electrons. The molecule has 1 rings (SSSR count). The molecule has 0 heterocycles. The maximum atomic E-state index is 11.9. The Kier molecular flexibility index (Phi) is 5.51. The quantitative estimate of drug-likeness (QED) is 0.725. The summed E-state index contributed by atoms with van der Waals surface area (Å²) >= 11 is 0. The smallest absolute Gasteiger partial charge is 0.326 e. The molecule has 5 nitrogen and oxygen atoms in total. The third kappa shape index (κ3) is 4.37. The van der Waals surface area contributed by atoms with Gasteiger partial charge >= 0.3 is 5.97 Å². The van der Waals surface area contributed by atoms with Crippen LogP contribution < -0.4 is 5.32 Å². The van der Waals surface area contributed by atoms with Crippen molar-refractivity contribution in [2.45, 2.75) is 32.2 Å². The summed E-state index contributed by atoms with van der Waals surface area (Å²) in [5, 5.41) is 20.0. The summed E-state index contributed by atoms with van der Waals surface area (Å²) in [6.45, 7) is 3.82. The van der Waals surface area contributed by atoms with E-state index in [2.05, 4.69) is 19.2 Å². The van der Waals surface area contributed by atoms with Crippen LogP contribution in [0.2, 0.25) is 0 Å². The van der Waals surface area contributed by atoms with Gasteiger partial charge in [-0.15, -0.1) is 0 Å². The molecule has 19 heavy (non-hydrogen) atoms. The molecular weight excluding hydrogens is 246 g/mol. The van der Waals surface area contributed by atoms with Crippen LogP contribution in [0.1, 0.15) is 42.1 Å². The van der Waals surface area contributed by atoms with Crippen molar-refractivity contribution in [3.8, 4) is 0 Å². The van der Waals surface area contributed by atoms with Gasteiger partial charge in [0.05, 0.1) is 0 Å². The average molecular weight is 265 g/mol. The summed E-state index contributed by atoms with van der Waals surface area (Å²) in [6.07, 6.45) is -0.00878. The molecule has 104 valence electrons. The van der Waals surface area contributed by atoms with Crippen LogP contribution in [-0.2, 0) is 4.79 Å². The Bertz CT molecular complexity index is 439. The Hall–Kier alpha value is -1.88. The number of carboxylic acids is 1. The van der Waals surface area contributed by atoms with Gasteiger partial charge in [-0.2, -0.15) is 0 Å². The second kappa shape index (κ2) is 6.89. The zero-order chi connectivity index (χ0) is 14.4. The number of aliphatic carboxylic acids is 1. The molecule has 5 heteroatoms. The second-order valence-corrected chi connectivity index (χ2v) is 4.65. The lowest BCUT2D eigenvalue weighted by molar-refractivity contribution is -0.139. The predicted octanol–water partition coefficient (Wildman–Crippen LogP) is 1.38. The second-order valence-electron chi connectivity index (χ2n) is 4.65. The van der Waals surface area contributed by atoms with Crippen LogP contribution in [0.25, 0.3) is 0 Å². The van der Waals surface area contributed by atoms with Crippen molar-refractivity contribution >= 4 is 11.9 Å². The predicted molar refractivity (Wildman–Crippen MR) is 71.1 cm³/mol. The molecule has 0 spiro atoms. The Labute approximate surface area is 112 Å². The van der Waals surface area contributed by atoms with E-state index in [1.54, 1.807) is 12.1 Å². The van der Waals surface area contributed by atoms with Gasteiger partial charge in [-0.1, -0.05) is 26.0 Å². The van der Waals surface area contributed by atoms with Crippen LogP contribution in [0.4, 0.5) is 0 Å². The van der Waals surface area contributed by atoms with Crippen molar-refractivity contribution in [2.75, 3.05) is 6.61 Å². The van der Waals surface area contributed by atoms with Gasteiger partial charge in [-0.3, -0.25) is 4.79 Å². The molecule has 0 saturated heterocycles. The van der Waals surface area contributed by atoms with E-state index in [1.165, 1.54) is 0 Å². The fourth-order valence-electron chi connectivity index (χ4n) is 1.65. The molecule has 1 atom stereocenters. The number of hydrogen-bond donors (Lipinski definition) is 3. The number of nitrogens with one attached hydrogen (secondary N) is 1. The molecule has 0 bridgehead atoms. The Morgan fingerprint density at radius 2 is 1.79 bits per heavy atom. The third-order valence-electron chi connectivity index (χ3n) is 2.86. The lowest BCUT2D eigenvalue weighted by atomic mass is 10.0. The highest BCUT2D eigenvalue weighted by Gasteiger charge is 2.19. The van der Waals surface area contributed by atoms with Crippen molar-refractivity contribution in [3.63, 3.8) is 0 Å². The van der Waals surface area contributed by atoms with E-state index in [0.29, 0.717) is 11.5 Å². The SMILES string of the molecule is CC(C)c1ccc(C(=O)NC(CCO)C(=O)O)cc1. The lowest BCUT2D eigenvalue weighted by Crippen LogP contribution is -2.41. The molecule has 0 aliphatic carbocycles. The van der Waals surface area contributed by atoms with Gasteiger partial charge in [0.25, 0.3) is 5.91 Å². The number of hydrogen-bond acceptors (Lipinski definition) is 3. The number of rotatable bonds is 6. The molecule has 1 unspecified atom stereocenters. The summed E-state index contributed by atoms with van der Waals surface area (Å²) in [4.78, 5) is 22.7. The number of carbonyl (C=O) groups is 2. The van der Waals surface area contributed by atoms with Crippen LogP contribution in [0.5, 0.6) is 0 Å². The van der Waals surface area contributed by atoms with E-state index < -0.39 is 17.9 Å². The summed E-state index contributed by atoms with van der Waals surface area (Å²) < 4.78 is 0. The van der Waals surface area contributed by atoms with Gasteiger partial charge in [0.15, 0.2) is 0 Å². The van der Waals surface area contributed by atoms with E-state index in [1.807, 2.05) is 12.1 Å². The van der Waals surface area contributed by atoms with Gasteiger partial charge in [0, 0.05) is 18.6 Å². The average Bonchev–Trinajstić information content (AvgIpc) is 2.38. The summed E-state index contributed by atoms with van der Waals surface area (Å²) in [5.74, 6) is -1.23. The highest BCUT2D eigenvalue weighted by atomic mass is 16.4. The van der Waals surface area contributed by atoms with E-state index >= 15 is 0 Å². The normalized spacial score (nSPS) is 12.2. The zero-order valence-corrected chi connectivity index (χ0v) is 11.1. The lowest BCUT2D eigenvalue weighted by Gasteiger charge is -2.13. The Balaban J connectivity index is 2.74. The van der Waals surface area contributed by atoms with E-state index in [9.17, 15) is 9.59 Å². The molecule has 0 saturated carbocycles. The van der Waals surface area contributed by atoms with Crippen molar-refractivity contribution in [1.82, 2.24) is 5.32 Å². The van der Waals surface area contributed by atoms with Crippen LogP contribution in [-0.4, -0.2) is 34.7 Å². The molecule has 0 fully saturated rings. The fraction of sp³-hybridized carbons (Fsp3) is 0.429. The maximum absolute atomic E-state index is 11.9. The number of benzene rings is 1. The third-order valence-corrected chi connectivity index (χ3v) is 2.86. The standard InChI is InChI=1S/C14H19NO4/c1-9(2)10-3-5-11(6-4-10)13(17)15-12(7-8-16)14(18)19/h3-6,9,12,16H,7-8H2,1-2H3,(H,15,17)(H,18,19). The summed E-state index contributed by atoms with van der Waals surface area (Å²) in [7, 11) is 0. The van der Waals surface area contributed by atoms with E-state index in [-0.39, 0.29) is 13.0 Å². The highest BCUT2D eigenvalue weighted by Crippen LogP contribution is 2.14. The van der Waals surface area contributed by atoms with Crippen molar-refractivity contribution in [1.29, 1.82) is 0 Å². The van der Waals surface area contributed by atoms with Crippen molar-refractivity contribution in [3.05, 3.63) is 35.4 Å². The molecule has 0 aliphatic heterocycles. The van der Waals surface area contributed by atoms with E-state index in [4.69, 9.17) is 10.2 Å². The minimum atomic E-state index is -1.15. The minimum absolute atomic E-state index is 0.00878. The van der Waals surface area contributed by atoms with Gasteiger partial charge in [-0.25, -0.2) is 4.79 Å². The number of carboxylic acid groups (broad SMARTS) is 1. The van der Waals surface area contributed by atoms with Crippen LogP contribution in [0.15, 0.2) is 24.3 Å². The molecule has 1 aromatic carbocycles. The Morgan fingerprint density at radius 1 is 1.21 bits per heavy atom. The maximum Gasteiger partial charge on any atom is 0.326 e. The zero-order valence-electron chi connectivity index (χ0n) is 11.1. The topological polar surface area (TPSA) is 86.6 Å². The van der Waals surface area contributed by atoms with Crippen LogP contribution in [0, 0.1) is 0 Å². The first-order chi connectivity index (χ1) is 8.95. The Morgan fingerprint density at radius 3 is 2.21 bits per heavy atom. The molecule has 0 aromatic heterocycles. The number of aliphatic hydroxyl groups excluding tert-OH is 1. The van der Waals surface area contributed by atoms with Gasteiger partial charge in [0.2, 0.25) is 0 Å². The first-order valence-electron chi connectivity index (χ1n) is 6.20. The largest absolute Gasteiger partial charge is 0.480 e. The first kappa shape index (κ1) is 15.2. The monoisotopic (exact) mass is 265 g/mol. The van der Waals surface area contributed by atoms with Gasteiger partial charge in [-0.05, 0) is 23.6 Å². The number of amides is 1. The molecular formula is C14H19NO4. The minimum Gasteiger partial charge on any atom is -0.480 e. The molecule has 3 N–H and O–H groups in total. The summed E-state index contributed by atoms with van der Waals surface area (Å²) in [6, 6.07) is 5.97.